The third-order valence-electron chi connectivity index (χ3n) is 4.14. The average Bonchev–Trinajstić information content (AvgIpc) is 2.74. The number of hydrogen-bond acceptors (Lipinski definition) is 5. The van der Waals surface area contributed by atoms with E-state index in [2.05, 4.69) is 5.32 Å². The van der Waals surface area contributed by atoms with Crippen molar-refractivity contribution < 1.29 is 19.4 Å². The van der Waals surface area contributed by atoms with Gasteiger partial charge in [0.1, 0.15) is 5.75 Å². The summed E-state index contributed by atoms with van der Waals surface area (Å²) in [4.78, 5) is 26.1. The quantitative estimate of drug-likeness (QED) is 0.382. The first kappa shape index (κ1) is 18.4. The molecule has 0 radical (unpaired) electrons. The number of ketones is 2. The molecule has 0 unspecified atom stereocenters. The van der Waals surface area contributed by atoms with E-state index in [0.717, 1.165) is 0 Å². The van der Waals surface area contributed by atoms with E-state index in [1.807, 2.05) is 0 Å². The Labute approximate surface area is 157 Å². The first-order valence-electron chi connectivity index (χ1n) is 8.39. The van der Waals surface area contributed by atoms with Gasteiger partial charge in [-0.05, 0) is 24.3 Å². The zero-order valence-electron chi connectivity index (χ0n) is 14.8. The van der Waals surface area contributed by atoms with E-state index in [9.17, 15) is 14.7 Å². The van der Waals surface area contributed by atoms with E-state index in [1.165, 1.54) is 7.11 Å². The van der Waals surface area contributed by atoms with Crippen LogP contribution in [-0.2, 0) is 0 Å². The van der Waals surface area contributed by atoms with Gasteiger partial charge in [-0.2, -0.15) is 0 Å². The lowest BCUT2D eigenvalue weighted by atomic mass is 9.92. The largest absolute Gasteiger partial charge is 0.497 e. The van der Waals surface area contributed by atoms with E-state index < -0.39 is 17.3 Å². The maximum Gasteiger partial charge on any atom is 0.266 e. The summed E-state index contributed by atoms with van der Waals surface area (Å²) < 4.78 is 5.11. The van der Waals surface area contributed by atoms with Gasteiger partial charge in [-0.25, -0.2) is 0 Å². The third kappa shape index (κ3) is 3.88. The molecule has 0 atom stereocenters. The van der Waals surface area contributed by atoms with Crippen molar-refractivity contribution in [3.8, 4) is 5.75 Å². The molecule has 0 aliphatic carbocycles. The van der Waals surface area contributed by atoms with Crippen molar-refractivity contribution in [2.45, 2.75) is 5.72 Å². The molecule has 136 valence electrons. The van der Waals surface area contributed by atoms with Crippen molar-refractivity contribution in [3.63, 3.8) is 0 Å². The van der Waals surface area contributed by atoms with Gasteiger partial charge in [0.15, 0.2) is 0 Å². The number of methoxy groups -OCH3 is 1. The molecule has 0 aliphatic rings. The van der Waals surface area contributed by atoms with Gasteiger partial charge in [-0.15, -0.1) is 0 Å². The fourth-order valence-corrected chi connectivity index (χ4v) is 2.70. The van der Waals surface area contributed by atoms with E-state index in [4.69, 9.17) is 4.74 Å². The Hall–Kier alpha value is -3.44. The fraction of sp³-hybridized carbons (Fsp3) is 0.0909. The van der Waals surface area contributed by atoms with Gasteiger partial charge >= 0.3 is 0 Å². The Kier molecular flexibility index (Phi) is 5.33. The zero-order valence-corrected chi connectivity index (χ0v) is 14.8. The number of carbonyl (C=O) groups is 2. The molecule has 3 aromatic rings. The maximum absolute atomic E-state index is 13.1. The molecular formula is C22H19NO4. The number of carbonyl (C=O) groups excluding carboxylic acids is 2. The minimum atomic E-state index is -2.45. The predicted octanol–water partition coefficient (Wildman–Crippen LogP) is 3.56. The molecular weight excluding hydrogens is 342 g/mol. The van der Waals surface area contributed by atoms with Crippen LogP contribution in [0.25, 0.3) is 0 Å². The standard InChI is InChI=1S/C22H19NO4/c1-27-19-14-12-18(13-15-19)23-22(26,20(24)16-8-4-2-5-9-16)21(25)17-10-6-3-7-11-17/h2-15,23,26H,1H3. The molecule has 0 fully saturated rings. The van der Waals surface area contributed by atoms with Crippen LogP contribution < -0.4 is 10.1 Å². The lowest BCUT2D eigenvalue weighted by Crippen LogP contribution is -2.53. The molecule has 0 amide bonds. The summed E-state index contributed by atoms with van der Waals surface area (Å²) in [7, 11) is 1.54. The van der Waals surface area contributed by atoms with Crippen LogP contribution in [0.5, 0.6) is 5.75 Å². The topological polar surface area (TPSA) is 75.6 Å². The molecule has 0 heterocycles. The van der Waals surface area contributed by atoms with Crippen molar-refractivity contribution in [2.24, 2.45) is 0 Å². The molecule has 5 nitrogen and oxygen atoms in total. The number of nitrogens with one attached hydrogen (secondary N) is 1. The van der Waals surface area contributed by atoms with E-state index in [-0.39, 0.29) is 11.1 Å². The SMILES string of the molecule is COc1ccc(NC(O)(C(=O)c2ccccc2)C(=O)c2ccccc2)cc1. The van der Waals surface area contributed by atoms with Gasteiger partial charge in [0.25, 0.3) is 5.72 Å². The van der Waals surface area contributed by atoms with Gasteiger partial charge in [-0.1, -0.05) is 60.7 Å². The minimum Gasteiger partial charge on any atom is -0.497 e. The van der Waals surface area contributed by atoms with Crippen molar-refractivity contribution in [1.82, 2.24) is 0 Å². The molecule has 5 heteroatoms. The number of hydrogen-bond donors (Lipinski definition) is 2. The molecule has 27 heavy (non-hydrogen) atoms. The van der Waals surface area contributed by atoms with Crippen molar-refractivity contribution in [3.05, 3.63) is 96.1 Å². The summed E-state index contributed by atoms with van der Waals surface area (Å²) in [5, 5.41) is 13.9. The third-order valence-corrected chi connectivity index (χ3v) is 4.14. The van der Waals surface area contributed by atoms with E-state index in [0.29, 0.717) is 11.4 Å². The summed E-state index contributed by atoms with van der Waals surface area (Å²) in [6.45, 7) is 0. The Bertz CT molecular complexity index is 870. The second-order valence-corrected chi connectivity index (χ2v) is 5.95. The number of anilines is 1. The lowest BCUT2D eigenvalue weighted by Gasteiger charge is -2.27. The highest BCUT2D eigenvalue weighted by molar-refractivity contribution is 6.23. The fourth-order valence-electron chi connectivity index (χ4n) is 2.70. The van der Waals surface area contributed by atoms with E-state index >= 15 is 0 Å². The molecule has 3 rings (SSSR count). The first-order valence-corrected chi connectivity index (χ1v) is 8.39. The summed E-state index contributed by atoms with van der Waals surface area (Å²) >= 11 is 0. The molecule has 0 saturated carbocycles. The van der Waals surface area contributed by atoms with Crippen LogP contribution in [-0.4, -0.2) is 29.5 Å². The summed E-state index contributed by atoms with van der Waals surface area (Å²) in [5.74, 6) is -0.839. The molecule has 0 aromatic heterocycles. The van der Waals surface area contributed by atoms with Crippen LogP contribution in [0.1, 0.15) is 20.7 Å². The van der Waals surface area contributed by atoms with Crippen LogP contribution in [0.2, 0.25) is 0 Å². The number of Topliss-reactive ketones (excluding diaryl/α,β-unsaturated/α-hetero) is 2. The monoisotopic (exact) mass is 361 g/mol. The molecule has 0 aliphatic heterocycles. The maximum atomic E-state index is 13.1. The van der Waals surface area contributed by atoms with Crippen molar-refractivity contribution in [2.75, 3.05) is 12.4 Å². The first-order chi connectivity index (χ1) is 13.0. The highest BCUT2D eigenvalue weighted by Crippen LogP contribution is 2.24. The molecule has 2 N–H and O–H groups in total. The van der Waals surface area contributed by atoms with Gasteiger partial charge in [-0.3, -0.25) is 9.59 Å². The Morgan fingerprint density at radius 3 is 1.63 bits per heavy atom. The van der Waals surface area contributed by atoms with Crippen molar-refractivity contribution >= 4 is 17.3 Å². The zero-order chi connectivity index (χ0) is 19.3. The molecule has 0 saturated heterocycles. The second kappa shape index (κ2) is 7.85. The lowest BCUT2D eigenvalue weighted by molar-refractivity contribution is 0.0388. The molecule has 0 spiro atoms. The number of rotatable bonds is 7. The minimum absolute atomic E-state index is 0.227. The van der Waals surface area contributed by atoms with Gasteiger partial charge in [0.05, 0.1) is 7.11 Å². The van der Waals surface area contributed by atoms with Gasteiger partial charge < -0.3 is 15.2 Å². The predicted molar refractivity (Wildman–Crippen MR) is 103 cm³/mol. The Balaban J connectivity index is 2.02. The summed E-state index contributed by atoms with van der Waals surface area (Å²) in [6.07, 6.45) is 0. The molecule has 3 aromatic carbocycles. The second-order valence-electron chi connectivity index (χ2n) is 5.95. The average molecular weight is 361 g/mol. The summed E-state index contributed by atoms with van der Waals surface area (Å²) in [5.41, 5.74) is -1.58. The normalized spacial score (nSPS) is 10.9. The van der Waals surface area contributed by atoms with Crippen molar-refractivity contribution in [1.29, 1.82) is 0 Å². The van der Waals surface area contributed by atoms with Gasteiger partial charge in [0.2, 0.25) is 11.6 Å². The highest BCUT2D eigenvalue weighted by Gasteiger charge is 2.44. The Morgan fingerprint density at radius 2 is 1.22 bits per heavy atom. The number of aliphatic hydroxyl groups is 1. The van der Waals surface area contributed by atoms with E-state index in [1.54, 1.807) is 84.9 Å². The Morgan fingerprint density at radius 1 is 0.778 bits per heavy atom. The number of benzene rings is 3. The van der Waals surface area contributed by atoms with Crippen LogP contribution >= 0.6 is 0 Å². The smallest absolute Gasteiger partial charge is 0.266 e. The highest BCUT2D eigenvalue weighted by atomic mass is 16.5. The van der Waals surface area contributed by atoms with Crippen LogP contribution in [0, 0.1) is 0 Å². The van der Waals surface area contributed by atoms with Crippen LogP contribution in [0.3, 0.4) is 0 Å². The van der Waals surface area contributed by atoms with Crippen LogP contribution in [0.15, 0.2) is 84.9 Å². The van der Waals surface area contributed by atoms with Crippen LogP contribution in [0.4, 0.5) is 5.69 Å². The summed E-state index contributed by atoms with van der Waals surface area (Å²) in [6, 6.07) is 23.0. The van der Waals surface area contributed by atoms with Gasteiger partial charge in [0, 0.05) is 16.8 Å². The molecule has 0 bridgehead atoms. The number of ether oxygens (including phenoxy) is 1.